The molecule has 2 saturated heterocycles. The Bertz CT molecular complexity index is 1230. The van der Waals surface area contributed by atoms with Crippen LogP contribution in [0, 0.1) is 5.92 Å². The largest absolute Gasteiger partial charge is 0.368 e. The molecule has 2 aliphatic heterocycles. The van der Waals surface area contributed by atoms with Crippen LogP contribution in [-0.4, -0.2) is 79.6 Å². The maximum absolute atomic E-state index is 13.3. The molecule has 8 nitrogen and oxygen atoms in total. The topological polar surface area (TPSA) is 91.1 Å². The van der Waals surface area contributed by atoms with Gasteiger partial charge < -0.3 is 30.5 Å². The van der Waals surface area contributed by atoms with E-state index in [-0.39, 0.29) is 30.0 Å². The molecule has 0 radical (unpaired) electrons. The zero-order chi connectivity index (χ0) is 28.3. The summed E-state index contributed by atoms with van der Waals surface area (Å²) >= 11 is 0. The summed E-state index contributed by atoms with van der Waals surface area (Å²) in [6, 6.07) is 15.5. The van der Waals surface area contributed by atoms with Crippen LogP contribution in [0.25, 0.3) is 11.1 Å². The molecule has 2 aromatic carbocycles. The molecule has 0 bridgehead atoms. The summed E-state index contributed by atoms with van der Waals surface area (Å²) < 4.78 is 5.68. The molecule has 3 N–H and O–H groups in total. The summed E-state index contributed by atoms with van der Waals surface area (Å²) in [4.78, 5) is 33.3. The molecule has 2 saturated carbocycles. The van der Waals surface area contributed by atoms with Crippen molar-refractivity contribution in [2.45, 2.75) is 76.1 Å². The summed E-state index contributed by atoms with van der Waals surface area (Å²) in [6.07, 6.45) is 7.28. The molecule has 2 aliphatic carbocycles. The Morgan fingerprint density at radius 2 is 1.71 bits per heavy atom. The van der Waals surface area contributed by atoms with Gasteiger partial charge in [-0.15, -0.1) is 0 Å². The van der Waals surface area contributed by atoms with Crippen LogP contribution in [-0.2, 0) is 20.9 Å². The quantitative estimate of drug-likeness (QED) is 0.503. The van der Waals surface area contributed by atoms with Gasteiger partial charge in [0.25, 0.3) is 5.91 Å². The number of piperazine rings is 1. The van der Waals surface area contributed by atoms with Crippen LogP contribution in [0.1, 0.15) is 56.9 Å². The van der Waals surface area contributed by atoms with Crippen LogP contribution in [0.5, 0.6) is 0 Å². The van der Waals surface area contributed by atoms with Crippen LogP contribution in [0.3, 0.4) is 0 Å². The molecule has 2 aromatic rings. The molecule has 1 atom stereocenters. The Hall–Kier alpha value is -2.94. The molecule has 220 valence electrons. The molecule has 2 heterocycles. The molecule has 41 heavy (non-hydrogen) atoms. The fourth-order valence-corrected chi connectivity index (χ4v) is 6.55. The number of rotatable bonds is 8. The van der Waals surface area contributed by atoms with Gasteiger partial charge in [-0.05, 0) is 93.3 Å². The Morgan fingerprint density at radius 1 is 0.951 bits per heavy atom. The van der Waals surface area contributed by atoms with Crippen molar-refractivity contribution in [3.8, 4) is 11.1 Å². The number of hydrogen-bond donors (Lipinski definition) is 2. The van der Waals surface area contributed by atoms with Gasteiger partial charge in [-0.1, -0.05) is 24.3 Å². The Morgan fingerprint density at radius 3 is 2.41 bits per heavy atom. The number of amides is 2. The zero-order valence-corrected chi connectivity index (χ0v) is 24.4. The summed E-state index contributed by atoms with van der Waals surface area (Å²) in [5.74, 6) is 0.447. The van der Waals surface area contributed by atoms with Crippen LogP contribution < -0.4 is 16.0 Å². The number of hydrogen-bond acceptors (Lipinski definition) is 6. The van der Waals surface area contributed by atoms with Gasteiger partial charge in [0.15, 0.2) is 0 Å². The molecule has 2 amide bonds. The average Bonchev–Trinajstić information content (AvgIpc) is 3.69. The van der Waals surface area contributed by atoms with E-state index in [0.717, 1.165) is 106 Å². The lowest BCUT2D eigenvalue weighted by atomic mass is 9.90. The molecule has 1 unspecified atom stereocenters. The summed E-state index contributed by atoms with van der Waals surface area (Å²) in [5.41, 5.74) is 11.4. The van der Waals surface area contributed by atoms with Gasteiger partial charge >= 0.3 is 0 Å². The Kier molecular flexibility index (Phi) is 8.60. The molecule has 0 aromatic heterocycles. The van der Waals surface area contributed by atoms with Gasteiger partial charge in [0, 0.05) is 57.3 Å². The molecular formula is C33H45N5O3. The maximum Gasteiger partial charge on any atom is 0.253 e. The van der Waals surface area contributed by atoms with Gasteiger partial charge in [0.05, 0.1) is 11.4 Å². The molecule has 4 aliphatic rings. The van der Waals surface area contributed by atoms with E-state index in [1.54, 1.807) is 0 Å². The lowest BCUT2D eigenvalue weighted by Crippen LogP contribution is -2.44. The van der Waals surface area contributed by atoms with E-state index in [2.05, 4.69) is 69.5 Å². The number of nitrogens with zero attached hydrogens (tertiary/aromatic N) is 3. The highest BCUT2D eigenvalue weighted by Gasteiger charge is 2.37. The SMILES string of the molecule is CN1CCN(c2ccc(-c3cccc(CN(C(=O)C4CC4)C4CCC(N)CC4)c3)cc2NC(=O)C2CCCO2)CC1. The summed E-state index contributed by atoms with van der Waals surface area (Å²) in [5, 5.41) is 3.22. The third-order valence-corrected chi connectivity index (χ3v) is 9.33. The second-order valence-electron chi connectivity index (χ2n) is 12.5. The van der Waals surface area contributed by atoms with E-state index in [4.69, 9.17) is 10.5 Å². The van der Waals surface area contributed by atoms with E-state index < -0.39 is 0 Å². The Labute approximate surface area is 244 Å². The van der Waals surface area contributed by atoms with Gasteiger partial charge in [-0.25, -0.2) is 0 Å². The number of benzene rings is 2. The second-order valence-corrected chi connectivity index (χ2v) is 12.5. The van der Waals surface area contributed by atoms with Crippen molar-refractivity contribution in [2.24, 2.45) is 11.7 Å². The van der Waals surface area contributed by atoms with Crippen molar-refractivity contribution in [1.82, 2.24) is 9.80 Å². The fourth-order valence-electron chi connectivity index (χ4n) is 6.55. The summed E-state index contributed by atoms with van der Waals surface area (Å²) in [7, 11) is 2.15. The van der Waals surface area contributed by atoms with Gasteiger partial charge in [0.1, 0.15) is 6.10 Å². The van der Waals surface area contributed by atoms with Crippen molar-refractivity contribution in [3.63, 3.8) is 0 Å². The first-order chi connectivity index (χ1) is 19.9. The molecule has 6 rings (SSSR count). The van der Waals surface area contributed by atoms with E-state index in [9.17, 15) is 9.59 Å². The van der Waals surface area contributed by atoms with Crippen LogP contribution in [0.2, 0.25) is 0 Å². The van der Waals surface area contributed by atoms with Gasteiger partial charge in [-0.2, -0.15) is 0 Å². The maximum atomic E-state index is 13.3. The molecule has 4 fully saturated rings. The first kappa shape index (κ1) is 28.2. The number of anilines is 2. The van der Waals surface area contributed by atoms with E-state index in [0.29, 0.717) is 19.1 Å². The van der Waals surface area contributed by atoms with E-state index in [1.165, 1.54) is 0 Å². The van der Waals surface area contributed by atoms with Crippen LogP contribution in [0.4, 0.5) is 11.4 Å². The highest BCUT2D eigenvalue weighted by molar-refractivity contribution is 5.98. The normalized spacial score (nSPS) is 25.2. The van der Waals surface area contributed by atoms with Crippen LogP contribution in [0.15, 0.2) is 42.5 Å². The highest BCUT2D eigenvalue weighted by atomic mass is 16.5. The Balaban J connectivity index is 1.25. The monoisotopic (exact) mass is 559 g/mol. The van der Waals surface area contributed by atoms with Crippen LogP contribution >= 0.6 is 0 Å². The number of nitrogens with one attached hydrogen (secondary N) is 1. The third-order valence-electron chi connectivity index (χ3n) is 9.33. The minimum atomic E-state index is -0.383. The van der Waals surface area contributed by atoms with Crippen molar-refractivity contribution < 1.29 is 14.3 Å². The first-order valence-corrected chi connectivity index (χ1v) is 15.6. The van der Waals surface area contributed by atoms with Crippen molar-refractivity contribution in [1.29, 1.82) is 0 Å². The van der Waals surface area contributed by atoms with Gasteiger partial charge in [-0.3, -0.25) is 9.59 Å². The van der Waals surface area contributed by atoms with Crippen molar-refractivity contribution >= 4 is 23.2 Å². The predicted octanol–water partition coefficient (Wildman–Crippen LogP) is 4.23. The number of carbonyl (C=O) groups is 2. The van der Waals surface area contributed by atoms with Crippen molar-refractivity contribution in [3.05, 3.63) is 48.0 Å². The third kappa shape index (κ3) is 6.76. The van der Waals surface area contributed by atoms with Gasteiger partial charge in [0.2, 0.25) is 5.91 Å². The van der Waals surface area contributed by atoms with Crippen molar-refractivity contribution in [2.75, 3.05) is 50.1 Å². The number of nitrogens with two attached hydrogens (primary N) is 1. The number of likely N-dealkylation sites (N-methyl/N-ethyl adjacent to an activating group) is 1. The standard InChI is InChI=1S/C33H45N5O3/c1-36-15-17-37(18-16-36)30-14-9-26(21-29(30)35-32(39)31-6-3-19-41-31)25-5-2-4-23(20-25)22-38(33(40)24-7-8-24)28-12-10-27(34)11-13-28/h2,4-5,9,14,20-21,24,27-28,31H,3,6-8,10-13,15-19,22,34H2,1H3,(H,35,39). The summed E-state index contributed by atoms with van der Waals surface area (Å²) in [6.45, 7) is 5.10. The second kappa shape index (κ2) is 12.5. The number of ether oxygens (including phenoxy) is 1. The molecular weight excluding hydrogens is 514 g/mol. The minimum absolute atomic E-state index is 0.0646. The van der Waals surface area contributed by atoms with E-state index in [1.807, 2.05) is 0 Å². The average molecular weight is 560 g/mol. The fraction of sp³-hybridized carbons (Fsp3) is 0.576. The predicted molar refractivity (Wildman–Crippen MR) is 163 cm³/mol. The lowest BCUT2D eigenvalue weighted by molar-refractivity contribution is -0.136. The minimum Gasteiger partial charge on any atom is -0.368 e. The number of carbonyl (C=O) groups excluding carboxylic acids is 2. The van der Waals surface area contributed by atoms with E-state index >= 15 is 0 Å². The molecule has 0 spiro atoms. The lowest BCUT2D eigenvalue weighted by Gasteiger charge is -2.36. The highest BCUT2D eigenvalue weighted by Crippen LogP contribution is 2.36. The first-order valence-electron chi connectivity index (χ1n) is 15.6. The zero-order valence-electron chi connectivity index (χ0n) is 24.4. The smallest absolute Gasteiger partial charge is 0.253 e. The molecule has 8 heteroatoms.